The van der Waals surface area contributed by atoms with Crippen molar-refractivity contribution < 1.29 is 19.4 Å². The van der Waals surface area contributed by atoms with E-state index in [1.165, 1.54) is 11.1 Å². The molecule has 0 bridgehead atoms. The number of nitrogens with zero attached hydrogens (tertiary/aromatic N) is 2. The summed E-state index contributed by atoms with van der Waals surface area (Å²) in [6.07, 6.45) is 1.90. The van der Waals surface area contributed by atoms with Crippen molar-refractivity contribution in [1.29, 1.82) is 0 Å². The molecular weight excluding hydrogens is 472 g/mol. The molecule has 8 heteroatoms. The molecule has 2 aromatic carbocycles. The Bertz CT molecular complexity index is 1020. The molecule has 0 amide bonds. The molecule has 1 N–H and O–H groups in total. The summed E-state index contributed by atoms with van der Waals surface area (Å²) < 4.78 is 9.51. The topological polar surface area (TPSA) is 70.1 Å². The highest BCUT2D eigenvalue weighted by Crippen LogP contribution is 2.42. The fourth-order valence-corrected chi connectivity index (χ4v) is 4.98. The van der Waals surface area contributed by atoms with Gasteiger partial charge >= 0.3 is 5.97 Å². The number of aryl methyl sites for hydroxylation is 1. The van der Waals surface area contributed by atoms with E-state index >= 15 is 0 Å². The van der Waals surface area contributed by atoms with Crippen LogP contribution in [0.2, 0.25) is 5.02 Å². The lowest BCUT2D eigenvalue weighted by Gasteiger charge is -2.37. The molecule has 0 fully saturated rings. The number of carbonyl (C=O) groups is 2. The number of ether oxygens (including phenoxy) is 1. The van der Waals surface area contributed by atoms with Gasteiger partial charge in [0.05, 0.1) is 24.8 Å². The van der Waals surface area contributed by atoms with Crippen LogP contribution in [0.5, 0.6) is 0 Å². The molecular formula is C26H33ClN2O4S. The lowest BCUT2D eigenvalue weighted by atomic mass is 9.87. The minimum absolute atomic E-state index is 0.121. The summed E-state index contributed by atoms with van der Waals surface area (Å²) in [6.45, 7) is 11.2. The minimum Gasteiger partial charge on any atom is -0.483 e. The predicted molar refractivity (Wildman–Crippen MR) is 138 cm³/mol. The maximum atomic E-state index is 12.9. The van der Waals surface area contributed by atoms with Crippen molar-refractivity contribution >= 4 is 36.2 Å². The van der Waals surface area contributed by atoms with Crippen molar-refractivity contribution in [3.05, 3.63) is 81.5 Å². The molecule has 1 aliphatic heterocycles. The summed E-state index contributed by atoms with van der Waals surface area (Å²) >= 11 is 8.13. The van der Waals surface area contributed by atoms with Crippen LogP contribution >= 0.6 is 23.7 Å². The summed E-state index contributed by atoms with van der Waals surface area (Å²) in [7, 11) is 1.98. The number of esters is 1. The third kappa shape index (κ3) is 7.26. The van der Waals surface area contributed by atoms with Crippen LogP contribution in [-0.4, -0.2) is 39.8 Å². The van der Waals surface area contributed by atoms with Crippen molar-refractivity contribution in [2.75, 3.05) is 13.7 Å². The highest BCUT2D eigenvalue weighted by atomic mass is 35.5. The monoisotopic (exact) mass is 504 g/mol. The molecule has 3 rings (SSSR count). The molecule has 0 saturated carbocycles. The fraction of sp³-hybridized carbons (Fsp3) is 0.385. The Morgan fingerprint density at radius 3 is 2.35 bits per heavy atom. The van der Waals surface area contributed by atoms with E-state index in [4.69, 9.17) is 26.2 Å². The van der Waals surface area contributed by atoms with Gasteiger partial charge < -0.3 is 14.1 Å². The summed E-state index contributed by atoms with van der Waals surface area (Å²) in [5, 5.41) is 7.54. The van der Waals surface area contributed by atoms with Gasteiger partial charge in [-0.1, -0.05) is 68.8 Å². The van der Waals surface area contributed by atoms with Crippen LogP contribution in [0.3, 0.4) is 0 Å². The lowest BCUT2D eigenvalue weighted by Crippen LogP contribution is -2.33. The van der Waals surface area contributed by atoms with E-state index in [1.807, 2.05) is 45.3 Å². The quantitative estimate of drug-likeness (QED) is 0.297. The molecule has 1 heterocycles. The smallest absolute Gasteiger partial charge is 0.337 e. The number of hydrogen-bond donors (Lipinski definition) is 1. The number of rotatable bonds is 5. The first-order valence-electron chi connectivity index (χ1n) is 11.0. The molecule has 0 aliphatic carbocycles. The van der Waals surface area contributed by atoms with E-state index in [2.05, 4.69) is 53.6 Å². The molecule has 0 spiro atoms. The second-order valence-electron chi connectivity index (χ2n) is 8.99. The largest absolute Gasteiger partial charge is 0.483 e. The molecule has 1 aliphatic rings. The lowest BCUT2D eigenvalue weighted by molar-refractivity contribution is -0.139. The van der Waals surface area contributed by atoms with Crippen molar-refractivity contribution in [3.63, 3.8) is 0 Å². The van der Waals surface area contributed by atoms with Crippen LogP contribution in [0, 0.1) is 6.92 Å². The number of hydrogen-bond acceptors (Lipinski definition) is 6. The third-order valence-electron chi connectivity index (χ3n) is 5.29. The Balaban J connectivity index is 0.00000129. The second kappa shape index (κ2) is 12.3. The molecule has 6 nitrogen and oxygen atoms in total. The zero-order valence-electron chi connectivity index (χ0n) is 20.5. The highest BCUT2D eigenvalue weighted by Gasteiger charge is 2.35. The van der Waals surface area contributed by atoms with Crippen LogP contribution in [-0.2, 0) is 26.3 Å². The standard InChI is InChI=1S/C25H31ClN2O2S.CH2O2/c1-7-30-24(29)21-16-28(15-18-9-11-19(12-10-18)25(3,4)5)31-27(6)23(21)20-13-8-17(2)14-22(20)26;2-1-3/h8-14,16,23H,7,15H2,1-6H3;1H,(H,2,3). The average molecular weight is 505 g/mol. The number of benzene rings is 2. The van der Waals surface area contributed by atoms with Crippen molar-refractivity contribution in [2.45, 2.75) is 52.6 Å². The van der Waals surface area contributed by atoms with Gasteiger partial charge in [-0.3, -0.25) is 4.79 Å². The molecule has 0 saturated heterocycles. The molecule has 0 aromatic heterocycles. The number of halogens is 1. The molecule has 184 valence electrons. The minimum atomic E-state index is -0.315. The van der Waals surface area contributed by atoms with Crippen LogP contribution in [0.1, 0.15) is 56.0 Å². The molecule has 2 aromatic rings. The molecule has 1 atom stereocenters. The average Bonchev–Trinajstić information content (AvgIpc) is 2.75. The Morgan fingerprint density at radius 2 is 1.82 bits per heavy atom. The van der Waals surface area contributed by atoms with E-state index in [0.717, 1.165) is 11.1 Å². The third-order valence-corrected chi connectivity index (χ3v) is 6.53. The Kier molecular flexibility index (Phi) is 10.0. The second-order valence-corrected chi connectivity index (χ2v) is 10.6. The number of carbonyl (C=O) groups excluding carboxylic acids is 1. The van der Waals surface area contributed by atoms with Gasteiger partial charge in [0.15, 0.2) is 0 Å². The first-order valence-corrected chi connectivity index (χ1v) is 12.1. The first kappa shape index (κ1) is 27.8. The molecule has 0 radical (unpaired) electrons. The Morgan fingerprint density at radius 1 is 1.21 bits per heavy atom. The van der Waals surface area contributed by atoms with E-state index in [9.17, 15) is 4.79 Å². The van der Waals surface area contributed by atoms with Crippen LogP contribution in [0.25, 0.3) is 0 Å². The Labute approximate surface area is 211 Å². The van der Waals surface area contributed by atoms with E-state index < -0.39 is 0 Å². The van der Waals surface area contributed by atoms with Gasteiger partial charge in [-0.25, -0.2) is 9.10 Å². The Hall–Kier alpha value is -2.48. The molecule has 1 unspecified atom stereocenters. The van der Waals surface area contributed by atoms with Gasteiger partial charge in [-0.2, -0.15) is 0 Å². The van der Waals surface area contributed by atoms with Gasteiger partial charge in [0.25, 0.3) is 6.47 Å². The van der Waals surface area contributed by atoms with Crippen molar-refractivity contribution in [1.82, 2.24) is 8.61 Å². The highest BCUT2D eigenvalue weighted by molar-refractivity contribution is 7.94. The summed E-state index contributed by atoms with van der Waals surface area (Å²) in [6, 6.07) is 14.3. The van der Waals surface area contributed by atoms with Crippen LogP contribution < -0.4 is 0 Å². The molecule has 34 heavy (non-hydrogen) atoms. The maximum absolute atomic E-state index is 12.9. The van der Waals surface area contributed by atoms with Crippen molar-refractivity contribution in [2.24, 2.45) is 0 Å². The van der Waals surface area contributed by atoms with E-state index in [-0.39, 0.29) is 23.9 Å². The van der Waals surface area contributed by atoms with Crippen molar-refractivity contribution in [3.8, 4) is 0 Å². The van der Waals surface area contributed by atoms with Gasteiger partial charge in [-0.05, 0) is 47.6 Å². The summed E-state index contributed by atoms with van der Waals surface area (Å²) in [4.78, 5) is 21.2. The zero-order valence-corrected chi connectivity index (χ0v) is 22.1. The van der Waals surface area contributed by atoms with E-state index in [1.54, 1.807) is 12.1 Å². The van der Waals surface area contributed by atoms with Gasteiger partial charge in [-0.15, -0.1) is 0 Å². The number of likely N-dealkylation sites (N-methyl/N-ethyl adjacent to an activating group) is 1. The van der Waals surface area contributed by atoms with Crippen LogP contribution in [0.15, 0.2) is 54.2 Å². The number of carboxylic acid groups (broad SMARTS) is 1. The first-order chi connectivity index (χ1) is 16.0. The normalized spacial score (nSPS) is 16.3. The summed E-state index contributed by atoms with van der Waals surface area (Å²) in [5.41, 5.74) is 5.17. The van der Waals surface area contributed by atoms with Gasteiger partial charge in [0.2, 0.25) is 0 Å². The van der Waals surface area contributed by atoms with Crippen LogP contribution in [0.4, 0.5) is 0 Å². The fourth-order valence-electron chi connectivity index (χ4n) is 3.62. The maximum Gasteiger partial charge on any atom is 0.337 e. The SMILES string of the molecule is CCOC(=O)C1=CN(Cc2ccc(C(C)(C)C)cc2)SN(C)C1c1ccc(C)cc1Cl.O=CO. The predicted octanol–water partition coefficient (Wildman–Crippen LogP) is 6.15. The van der Waals surface area contributed by atoms with Gasteiger partial charge in [0, 0.05) is 30.4 Å². The van der Waals surface area contributed by atoms with E-state index in [0.29, 0.717) is 23.7 Å². The zero-order chi connectivity index (χ0) is 25.5. The van der Waals surface area contributed by atoms with Gasteiger partial charge in [0.1, 0.15) is 0 Å². The summed E-state index contributed by atoms with van der Waals surface area (Å²) in [5.74, 6) is -0.315.